The van der Waals surface area contributed by atoms with Gasteiger partial charge in [-0.05, 0) is 151 Å². The van der Waals surface area contributed by atoms with Crippen LogP contribution in [0.15, 0.2) is 140 Å². The lowest BCUT2D eigenvalue weighted by molar-refractivity contribution is 0.481. The summed E-state index contributed by atoms with van der Waals surface area (Å²) in [6.07, 6.45) is 3.86. The van der Waals surface area contributed by atoms with Crippen LogP contribution in [0.2, 0.25) is 0 Å². The van der Waals surface area contributed by atoms with Gasteiger partial charge in [0.25, 0.3) is 0 Å². The van der Waals surface area contributed by atoms with Crippen molar-refractivity contribution in [2.24, 2.45) is 0 Å². The number of pyridine rings is 2. The SMILES string of the molecule is Cc1cccc(C)c1-c1cc(Oc2cccc(C3(c4ccccn4)c4cc(C(C)(C)C)ccc4-c4ccc(C(C)(C)C)cc43)c2)cc(-c2cc(C(C)(C)C)ccn2)c1. The molecule has 0 fully saturated rings. The molecule has 5 aromatic carbocycles. The molecule has 0 aliphatic heterocycles. The fourth-order valence-electron chi connectivity index (χ4n) is 8.78. The van der Waals surface area contributed by atoms with E-state index < -0.39 is 5.41 Å². The smallest absolute Gasteiger partial charge is 0.128 e. The maximum Gasteiger partial charge on any atom is 0.128 e. The minimum Gasteiger partial charge on any atom is -0.457 e. The van der Waals surface area contributed by atoms with Crippen LogP contribution in [0.4, 0.5) is 0 Å². The van der Waals surface area contributed by atoms with E-state index in [1.165, 1.54) is 55.6 Å². The predicted octanol–water partition coefficient (Wildman–Crippen LogP) is 14.5. The second kappa shape index (κ2) is 14.2. The van der Waals surface area contributed by atoms with Crippen molar-refractivity contribution in [2.75, 3.05) is 0 Å². The van der Waals surface area contributed by atoms with Gasteiger partial charge in [-0.25, -0.2) is 0 Å². The van der Waals surface area contributed by atoms with Crippen molar-refractivity contribution in [3.05, 3.63) is 190 Å². The molecule has 2 heterocycles. The minimum absolute atomic E-state index is 0.00991. The average Bonchev–Trinajstić information content (AvgIpc) is 3.47. The first-order chi connectivity index (χ1) is 27.4. The van der Waals surface area contributed by atoms with Crippen molar-refractivity contribution in [1.29, 1.82) is 0 Å². The van der Waals surface area contributed by atoms with Gasteiger partial charge in [-0.3, -0.25) is 9.97 Å². The van der Waals surface area contributed by atoms with Crippen molar-refractivity contribution in [3.8, 4) is 45.0 Å². The molecule has 0 saturated heterocycles. The van der Waals surface area contributed by atoms with Gasteiger partial charge in [0, 0.05) is 18.0 Å². The summed E-state index contributed by atoms with van der Waals surface area (Å²) in [5.74, 6) is 1.53. The highest BCUT2D eigenvalue weighted by Crippen LogP contribution is 2.57. The third kappa shape index (κ3) is 6.95. The van der Waals surface area contributed by atoms with Crippen LogP contribution < -0.4 is 4.74 Å². The maximum atomic E-state index is 7.04. The molecule has 1 aliphatic carbocycles. The van der Waals surface area contributed by atoms with Crippen LogP contribution in [-0.4, -0.2) is 9.97 Å². The Hall–Kier alpha value is -5.80. The van der Waals surface area contributed by atoms with Gasteiger partial charge in [-0.2, -0.15) is 0 Å². The van der Waals surface area contributed by atoms with Crippen molar-refractivity contribution < 1.29 is 4.74 Å². The topological polar surface area (TPSA) is 35.0 Å². The van der Waals surface area contributed by atoms with Crippen molar-refractivity contribution in [3.63, 3.8) is 0 Å². The lowest BCUT2D eigenvalue weighted by Gasteiger charge is -2.34. The molecule has 0 radical (unpaired) electrons. The standard InChI is InChI=1S/C55H56N2O/c1-35-16-14-17-36(2)51(35)38-28-37(49-34-41(25-27-56-49)54(9,10)11)29-44(30-38)58-43-19-15-18-42(31-43)55(50-20-12-13-26-57-50)47-32-39(52(3,4)5)21-23-45(47)46-24-22-40(33-48(46)55)53(6,7)8/h12-34H,1-11H3. The Bertz CT molecular complexity index is 2580. The Morgan fingerprint density at radius 2 is 1.05 bits per heavy atom. The molecule has 2 aromatic heterocycles. The molecule has 0 N–H and O–H groups in total. The summed E-state index contributed by atoms with van der Waals surface area (Å²) in [5, 5.41) is 0. The lowest BCUT2D eigenvalue weighted by atomic mass is 9.68. The van der Waals surface area contributed by atoms with Crippen LogP contribution in [0.25, 0.3) is 33.5 Å². The van der Waals surface area contributed by atoms with E-state index in [0.717, 1.165) is 39.6 Å². The zero-order chi connectivity index (χ0) is 41.2. The fourth-order valence-corrected chi connectivity index (χ4v) is 8.78. The third-order valence-electron chi connectivity index (χ3n) is 12.0. The molecule has 0 saturated carbocycles. The molecule has 0 spiro atoms. The van der Waals surface area contributed by atoms with E-state index in [2.05, 4.69) is 197 Å². The fraction of sp³-hybridized carbons (Fsp3) is 0.273. The van der Waals surface area contributed by atoms with Crippen LogP contribution in [-0.2, 0) is 21.7 Å². The molecule has 0 amide bonds. The zero-order valence-corrected chi connectivity index (χ0v) is 36.1. The highest BCUT2D eigenvalue weighted by atomic mass is 16.5. The van der Waals surface area contributed by atoms with Gasteiger partial charge in [0.1, 0.15) is 11.5 Å². The van der Waals surface area contributed by atoms with E-state index in [1.54, 1.807) is 0 Å². The number of rotatable bonds is 6. The van der Waals surface area contributed by atoms with Crippen LogP contribution >= 0.6 is 0 Å². The molecule has 8 rings (SSSR count). The minimum atomic E-state index is -0.684. The molecule has 0 bridgehead atoms. The predicted molar refractivity (Wildman–Crippen MR) is 242 cm³/mol. The number of aryl methyl sites for hydroxylation is 2. The van der Waals surface area contributed by atoms with Gasteiger partial charge in [0.15, 0.2) is 0 Å². The summed E-state index contributed by atoms with van der Waals surface area (Å²) in [6.45, 7) is 24.9. The molecule has 3 nitrogen and oxygen atoms in total. The molecular formula is C55H56N2O. The lowest BCUT2D eigenvalue weighted by Crippen LogP contribution is -2.30. The Morgan fingerprint density at radius 3 is 1.64 bits per heavy atom. The molecule has 292 valence electrons. The second-order valence-corrected chi connectivity index (χ2v) is 19.3. The summed E-state index contributed by atoms with van der Waals surface area (Å²) in [5.41, 5.74) is 16.9. The molecular weight excluding hydrogens is 705 g/mol. The first-order valence-electron chi connectivity index (χ1n) is 20.6. The van der Waals surface area contributed by atoms with Gasteiger partial charge in [0.2, 0.25) is 0 Å². The second-order valence-electron chi connectivity index (χ2n) is 19.3. The van der Waals surface area contributed by atoms with Crippen molar-refractivity contribution >= 4 is 0 Å². The van der Waals surface area contributed by atoms with Gasteiger partial charge >= 0.3 is 0 Å². The summed E-state index contributed by atoms with van der Waals surface area (Å²) >= 11 is 0. The highest BCUT2D eigenvalue weighted by molar-refractivity contribution is 5.87. The Balaban J connectivity index is 1.35. The Kier molecular flexibility index (Phi) is 9.58. The number of nitrogens with zero attached hydrogens (tertiary/aromatic N) is 2. The van der Waals surface area contributed by atoms with Crippen molar-refractivity contribution in [2.45, 2.75) is 97.8 Å². The van der Waals surface area contributed by atoms with Gasteiger partial charge in [0.05, 0.1) is 16.8 Å². The first kappa shape index (κ1) is 39.0. The van der Waals surface area contributed by atoms with Crippen molar-refractivity contribution in [1.82, 2.24) is 9.97 Å². The first-order valence-corrected chi connectivity index (χ1v) is 20.6. The van der Waals surface area contributed by atoms with Gasteiger partial charge in [-0.1, -0.05) is 135 Å². The zero-order valence-electron chi connectivity index (χ0n) is 36.1. The van der Waals surface area contributed by atoms with E-state index >= 15 is 0 Å². The summed E-state index contributed by atoms with van der Waals surface area (Å²) in [6, 6.07) is 46.6. The largest absolute Gasteiger partial charge is 0.457 e. The van der Waals surface area contributed by atoms with Gasteiger partial charge in [-0.15, -0.1) is 0 Å². The summed E-state index contributed by atoms with van der Waals surface area (Å²) in [7, 11) is 0. The normalized spacial score (nSPS) is 13.6. The number of hydrogen-bond acceptors (Lipinski definition) is 3. The van der Waals surface area contributed by atoms with E-state index in [9.17, 15) is 0 Å². The Morgan fingerprint density at radius 1 is 0.466 bits per heavy atom. The van der Waals surface area contributed by atoms with E-state index in [-0.39, 0.29) is 16.2 Å². The molecule has 3 heteroatoms. The van der Waals surface area contributed by atoms with Crippen LogP contribution in [0.3, 0.4) is 0 Å². The molecule has 1 aliphatic rings. The number of hydrogen-bond donors (Lipinski definition) is 0. The number of benzene rings is 5. The van der Waals surface area contributed by atoms with E-state index in [4.69, 9.17) is 14.7 Å². The average molecular weight is 761 g/mol. The van der Waals surface area contributed by atoms with Gasteiger partial charge < -0.3 is 4.74 Å². The Labute approximate surface area is 346 Å². The quantitative estimate of drug-likeness (QED) is 0.169. The van der Waals surface area contributed by atoms with E-state index in [0.29, 0.717) is 0 Å². The molecule has 7 aromatic rings. The van der Waals surface area contributed by atoms with Crippen LogP contribution in [0.5, 0.6) is 11.5 Å². The van der Waals surface area contributed by atoms with Crippen LogP contribution in [0.1, 0.15) is 113 Å². The monoisotopic (exact) mass is 760 g/mol. The molecule has 58 heavy (non-hydrogen) atoms. The number of fused-ring (bicyclic) bond motifs is 3. The van der Waals surface area contributed by atoms with Crippen LogP contribution in [0, 0.1) is 13.8 Å². The number of aromatic nitrogens is 2. The maximum absolute atomic E-state index is 7.04. The number of ether oxygens (including phenoxy) is 1. The van der Waals surface area contributed by atoms with E-state index in [1.807, 2.05) is 18.5 Å². The summed E-state index contributed by atoms with van der Waals surface area (Å²) in [4.78, 5) is 10.1. The molecule has 0 atom stereocenters. The summed E-state index contributed by atoms with van der Waals surface area (Å²) < 4.78 is 7.04. The molecule has 0 unspecified atom stereocenters. The third-order valence-corrected chi connectivity index (χ3v) is 12.0. The highest BCUT2D eigenvalue weighted by Gasteiger charge is 2.48.